The Morgan fingerprint density at radius 3 is 2.56 bits per heavy atom. The molecule has 1 fully saturated rings. The fourth-order valence-electron chi connectivity index (χ4n) is 2.17. The number of carboxylic acid groups (broad SMARTS) is 1. The number of esters is 1. The number of aliphatic carboxylic acids is 1. The average molecular weight is 449 g/mol. The second kappa shape index (κ2) is 6.48. The number of carbonyl (C=O) groups is 3. The molecular formula is C11H16NO5Pb. The summed E-state index contributed by atoms with van der Waals surface area (Å²) >= 11 is 0.708. The minimum absolute atomic E-state index is 0.0210. The summed E-state index contributed by atoms with van der Waals surface area (Å²) in [7, 11) is 1.28. The molecule has 3 unspecified atom stereocenters. The molecule has 0 aromatic heterocycles. The molecule has 6 nitrogen and oxygen atoms in total. The number of carbonyl (C=O) groups excluding carboxylic acids is 2. The third kappa shape index (κ3) is 3.66. The van der Waals surface area contributed by atoms with E-state index in [-0.39, 0.29) is 21.7 Å². The molecule has 3 atom stereocenters. The van der Waals surface area contributed by atoms with Crippen LogP contribution in [0.5, 0.6) is 0 Å². The first-order valence-corrected chi connectivity index (χ1v) is 7.92. The Morgan fingerprint density at radius 1 is 1.50 bits per heavy atom. The van der Waals surface area contributed by atoms with Crippen molar-refractivity contribution >= 4 is 43.6 Å². The molecule has 1 heterocycles. The number of likely N-dealkylation sites (tertiary alicyclic amines) is 1. The SMILES string of the molecule is COC(=O)C1CC(CC(=O)O)CN1C(=O)[CH](C)[Pb]. The number of hydrogen-bond acceptors (Lipinski definition) is 4. The molecule has 0 saturated carbocycles. The standard InChI is InChI=1S/C11H16NO5.Pb/c1-3-9(13)12-6-7(5-10(14)15)4-8(12)11(16)17-2;/h3,7-8H,4-6H2,1-2H3,(H,14,15);. The van der Waals surface area contributed by atoms with Gasteiger partial charge in [0, 0.05) is 0 Å². The first-order valence-electron chi connectivity index (χ1n) is 5.68. The molecule has 1 amide bonds. The van der Waals surface area contributed by atoms with Gasteiger partial charge in [-0.05, 0) is 0 Å². The number of rotatable bonds is 4. The predicted molar refractivity (Wildman–Crippen MR) is 63.1 cm³/mol. The van der Waals surface area contributed by atoms with Crippen LogP contribution in [-0.4, -0.2) is 73.3 Å². The van der Waals surface area contributed by atoms with Gasteiger partial charge in [0.05, 0.1) is 0 Å². The molecule has 7 heteroatoms. The van der Waals surface area contributed by atoms with Crippen LogP contribution in [0.1, 0.15) is 19.8 Å². The van der Waals surface area contributed by atoms with Crippen LogP contribution in [0, 0.1) is 5.92 Å². The van der Waals surface area contributed by atoms with E-state index in [9.17, 15) is 14.4 Å². The minimum atomic E-state index is -0.906. The van der Waals surface area contributed by atoms with Crippen LogP contribution >= 0.6 is 0 Å². The zero-order valence-electron chi connectivity index (χ0n) is 10.4. The normalized spacial score (nSPS) is 24.7. The summed E-state index contributed by atoms with van der Waals surface area (Å²) in [4.78, 5) is 35.8. The van der Waals surface area contributed by atoms with E-state index in [2.05, 4.69) is 4.74 Å². The van der Waals surface area contributed by atoms with Crippen LogP contribution in [0.4, 0.5) is 0 Å². The van der Waals surface area contributed by atoms with E-state index < -0.39 is 18.0 Å². The summed E-state index contributed by atoms with van der Waals surface area (Å²) < 4.78 is 4.60. The van der Waals surface area contributed by atoms with Gasteiger partial charge in [0.2, 0.25) is 0 Å². The number of hydrogen-bond donors (Lipinski definition) is 1. The zero-order chi connectivity index (χ0) is 13.9. The third-order valence-corrected chi connectivity index (χ3v) is 3.94. The van der Waals surface area contributed by atoms with Gasteiger partial charge < -0.3 is 0 Å². The molecule has 0 aliphatic carbocycles. The van der Waals surface area contributed by atoms with E-state index in [1.807, 2.05) is 6.92 Å². The Morgan fingerprint density at radius 2 is 2.11 bits per heavy atom. The van der Waals surface area contributed by atoms with Crippen molar-refractivity contribution in [2.45, 2.75) is 29.3 Å². The van der Waals surface area contributed by atoms with Crippen LogP contribution in [0.2, 0.25) is 3.48 Å². The van der Waals surface area contributed by atoms with Gasteiger partial charge >= 0.3 is 122 Å². The van der Waals surface area contributed by atoms with Crippen molar-refractivity contribution in [3.8, 4) is 0 Å². The second-order valence-corrected chi connectivity index (χ2v) is 7.82. The van der Waals surface area contributed by atoms with Crippen LogP contribution in [0.3, 0.4) is 0 Å². The Hall–Kier alpha value is -0.668. The second-order valence-electron chi connectivity index (χ2n) is 4.45. The Bertz CT molecular complexity index is 357. The van der Waals surface area contributed by atoms with Crippen molar-refractivity contribution in [2.24, 2.45) is 5.92 Å². The van der Waals surface area contributed by atoms with Crippen molar-refractivity contribution < 1.29 is 24.2 Å². The van der Waals surface area contributed by atoms with Crippen LogP contribution in [-0.2, 0) is 19.1 Å². The maximum absolute atomic E-state index is 12.0. The van der Waals surface area contributed by atoms with Crippen LogP contribution < -0.4 is 0 Å². The van der Waals surface area contributed by atoms with E-state index in [1.165, 1.54) is 12.0 Å². The van der Waals surface area contributed by atoms with Gasteiger partial charge in [0.1, 0.15) is 0 Å². The predicted octanol–water partition coefficient (Wildman–Crippen LogP) is -0.172. The molecular weight excluding hydrogens is 433 g/mol. The average Bonchev–Trinajstić information content (AvgIpc) is 2.69. The zero-order valence-corrected chi connectivity index (χ0v) is 14.3. The quantitative estimate of drug-likeness (QED) is 0.476. The molecule has 0 aromatic carbocycles. The van der Waals surface area contributed by atoms with Crippen molar-refractivity contribution in [3.63, 3.8) is 0 Å². The molecule has 0 spiro atoms. The van der Waals surface area contributed by atoms with Crippen molar-refractivity contribution in [1.82, 2.24) is 4.90 Å². The van der Waals surface area contributed by atoms with Gasteiger partial charge in [-0.15, -0.1) is 0 Å². The van der Waals surface area contributed by atoms with Crippen molar-refractivity contribution in [1.29, 1.82) is 0 Å². The molecule has 99 valence electrons. The maximum atomic E-state index is 12.0. The molecule has 0 aromatic rings. The van der Waals surface area contributed by atoms with E-state index in [1.54, 1.807) is 0 Å². The molecule has 0 bridgehead atoms. The molecule has 18 heavy (non-hydrogen) atoms. The summed E-state index contributed by atoms with van der Waals surface area (Å²) in [5.74, 6) is -1.61. The fourth-order valence-corrected chi connectivity index (χ4v) is 2.81. The van der Waals surface area contributed by atoms with Crippen LogP contribution in [0.15, 0.2) is 0 Å². The molecule has 1 saturated heterocycles. The number of ether oxygens (including phenoxy) is 1. The number of carboxylic acids is 1. The van der Waals surface area contributed by atoms with Gasteiger partial charge in [0.25, 0.3) is 0 Å². The third-order valence-electron chi connectivity index (χ3n) is 2.98. The fraction of sp³-hybridized carbons (Fsp3) is 0.727. The number of nitrogens with zero attached hydrogens (tertiary/aromatic N) is 1. The molecule has 1 aliphatic rings. The number of methoxy groups -OCH3 is 1. The summed E-state index contributed by atoms with van der Waals surface area (Å²) in [6.45, 7) is 2.14. The first kappa shape index (κ1) is 15.4. The van der Waals surface area contributed by atoms with Crippen molar-refractivity contribution in [2.75, 3.05) is 13.7 Å². The molecule has 1 aliphatic heterocycles. The van der Waals surface area contributed by atoms with Gasteiger partial charge in [-0.3, -0.25) is 0 Å². The molecule has 3 radical (unpaired) electrons. The Balaban J connectivity index is 2.81. The summed E-state index contributed by atoms with van der Waals surface area (Å²) in [6.07, 6.45) is 0.353. The van der Waals surface area contributed by atoms with Gasteiger partial charge in [0.15, 0.2) is 0 Å². The van der Waals surface area contributed by atoms with Gasteiger partial charge in [-0.2, -0.15) is 0 Å². The Kier molecular flexibility index (Phi) is 5.54. The van der Waals surface area contributed by atoms with Gasteiger partial charge in [-0.1, -0.05) is 0 Å². The summed E-state index contributed by atoms with van der Waals surface area (Å²) in [5.41, 5.74) is 0. The molecule has 1 N–H and O–H groups in total. The first-order chi connectivity index (χ1) is 8.36. The van der Waals surface area contributed by atoms with Crippen molar-refractivity contribution in [3.05, 3.63) is 0 Å². The Labute approximate surface area is 121 Å². The topological polar surface area (TPSA) is 83.9 Å². The summed E-state index contributed by atoms with van der Waals surface area (Å²) in [6, 6.07) is -0.622. The number of amides is 1. The van der Waals surface area contributed by atoms with E-state index in [0.717, 1.165) is 0 Å². The monoisotopic (exact) mass is 450 g/mol. The van der Waals surface area contributed by atoms with Crippen LogP contribution in [0.25, 0.3) is 0 Å². The van der Waals surface area contributed by atoms with E-state index in [4.69, 9.17) is 5.11 Å². The van der Waals surface area contributed by atoms with E-state index in [0.29, 0.717) is 38.7 Å². The molecule has 1 rings (SSSR count). The van der Waals surface area contributed by atoms with E-state index >= 15 is 0 Å². The van der Waals surface area contributed by atoms with Gasteiger partial charge in [-0.25, -0.2) is 0 Å². The summed E-state index contributed by atoms with van der Waals surface area (Å²) in [5, 5.41) is 8.78.